The highest BCUT2D eigenvalue weighted by atomic mass is 32.3. The van der Waals surface area contributed by atoms with E-state index < -0.39 is 40.8 Å². The number of carbonyl (C=O) groups is 2. The van der Waals surface area contributed by atoms with Crippen molar-refractivity contribution in [3.05, 3.63) is 59.2 Å². The molecule has 0 fully saturated rings. The molecule has 216 valence electrons. The van der Waals surface area contributed by atoms with E-state index in [2.05, 4.69) is 22.3 Å². The molecule has 0 bridgehead atoms. The van der Waals surface area contributed by atoms with Gasteiger partial charge in [-0.1, -0.05) is 57.0 Å². The number of benzene rings is 2. The van der Waals surface area contributed by atoms with Crippen LogP contribution >= 0.6 is 10.6 Å². The average molecular weight is 573 g/mol. The van der Waals surface area contributed by atoms with E-state index in [4.69, 9.17) is 4.74 Å². The maximum absolute atomic E-state index is 12.4. The highest BCUT2D eigenvalue weighted by molar-refractivity contribution is 8.24. The largest absolute Gasteiger partial charge is 0.496 e. The lowest BCUT2D eigenvalue weighted by Crippen LogP contribution is -2.49. The molecule has 2 aromatic rings. The summed E-state index contributed by atoms with van der Waals surface area (Å²) in [6.45, 7) is 3.36. The van der Waals surface area contributed by atoms with Crippen molar-refractivity contribution in [1.29, 1.82) is 0 Å². The van der Waals surface area contributed by atoms with Gasteiger partial charge in [-0.25, -0.2) is 4.79 Å². The van der Waals surface area contributed by atoms with Crippen LogP contribution in [0.4, 0.5) is 13.2 Å². The molecule has 39 heavy (non-hydrogen) atoms. The average Bonchev–Trinajstić information content (AvgIpc) is 2.99. The van der Waals surface area contributed by atoms with Gasteiger partial charge in [0.15, 0.2) is 0 Å². The number of unbranched alkanes of at least 4 members (excludes halogenated alkanes) is 1. The summed E-state index contributed by atoms with van der Waals surface area (Å²) in [5.74, 6) is -3.49. The highest BCUT2D eigenvalue weighted by Crippen LogP contribution is 2.58. The molecule has 0 saturated carbocycles. The Hall–Kier alpha value is -2.64. The third kappa shape index (κ3) is 7.52. The molecule has 1 aliphatic heterocycles. The number of alkyl halides is 3. The molecule has 0 amide bonds. The zero-order valence-corrected chi connectivity index (χ0v) is 23.0. The summed E-state index contributed by atoms with van der Waals surface area (Å²) in [5, 5.41) is 6.38. The van der Waals surface area contributed by atoms with Gasteiger partial charge in [0.1, 0.15) is 5.75 Å². The van der Waals surface area contributed by atoms with Gasteiger partial charge in [-0.05, 0) is 30.5 Å². The van der Waals surface area contributed by atoms with Gasteiger partial charge in [-0.3, -0.25) is 19.2 Å². The van der Waals surface area contributed by atoms with Crippen molar-refractivity contribution in [3.8, 4) is 5.75 Å². The number of halogens is 3. The molecule has 1 aliphatic rings. The van der Waals surface area contributed by atoms with Crippen molar-refractivity contribution in [2.24, 2.45) is 0 Å². The number of ether oxygens (including phenoxy) is 2. The maximum Gasteiger partial charge on any atom is 0.491 e. The second-order valence-electron chi connectivity index (χ2n) is 9.60. The van der Waals surface area contributed by atoms with E-state index in [1.165, 1.54) is 7.11 Å². The van der Waals surface area contributed by atoms with Crippen molar-refractivity contribution in [1.82, 2.24) is 10.6 Å². The minimum absolute atomic E-state index is 0.0700. The molecule has 12 heteroatoms. The molecular formula is C27H35F3N2O6S. The zero-order chi connectivity index (χ0) is 28.8. The summed E-state index contributed by atoms with van der Waals surface area (Å²) in [6, 6.07) is 12.6. The van der Waals surface area contributed by atoms with E-state index in [1.807, 2.05) is 37.3 Å². The van der Waals surface area contributed by atoms with Gasteiger partial charge in [-0.2, -0.15) is 23.8 Å². The first-order valence-electron chi connectivity index (χ1n) is 12.7. The van der Waals surface area contributed by atoms with Crippen LogP contribution in [0.25, 0.3) is 0 Å². The fraction of sp³-hybridized carbons (Fsp3) is 0.481. The zero-order valence-electron chi connectivity index (χ0n) is 22.1. The molecule has 4 N–H and O–H groups in total. The smallest absolute Gasteiger partial charge is 0.491 e. The molecule has 0 saturated heterocycles. The van der Waals surface area contributed by atoms with E-state index in [1.54, 1.807) is 12.1 Å². The number of nitrogens with one attached hydrogen (secondary N) is 2. The maximum atomic E-state index is 12.4. The molecule has 2 atom stereocenters. The standard InChI is InChI=1S/C27H35F3N2O6S/c1-4-6-12-26(5-2)17-39(35,36)22-13-19(15-31-16-23(33)38-25(34)27(28,29)30)21(37-3)14-20(22)24(32-26)18-10-8-7-9-11-18/h7-11,13-14,24,31-32,35-36H,4-6,12,15-17H2,1-3H3/t24-,26+/m0/s1. The van der Waals surface area contributed by atoms with Crippen LogP contribution in [0.1, 0.15) is 62.3 Å². The van der Waals surface area contributed by atoms with Gasteiger partial charge in [-0.15, -0.1) is 0 Å². The number of methoxy groups -OCH3 is 1. The van der Waals surface area contributed by atoms with Crippen LogP contribution in [0.5, 0.6) is 5.75 Å². The monoisotopic (exact) mass is 572 g/mol. The lowest BCUT2D eigenvalue weighted by atomic mass is 9.88. The molecule has 0 aliphatic carbocycles. The summed E-state index contributed by atoms with van der Waals surface area (Å²) < 4.78 is 69.5. The molecule has 3 rings (SSSR count). The Bertz CT molecular complexity index is 1160. The number of carbonyl (C=O) groups excluding carboxylic acids is 2. The summed E-state index contributed by atoms with van der Waals surface area (Å²) in [7, 11) is -1.85. The van der Waals surface area contributed by atoms with E-state index in [0.717, 1.165) is 24.8 Å². The summed E-state index contributed by atoms with van der Waals surface area (Å²) in [6.07, 6.45) is -2.01. The third-order valence-corrected chi connectivity index (χ3v) is 8.86. The number of hydrogen-bond acceptors (Lipinski definition) is 8. The van der Waals surface area contributed by atoms with Crippen molar-refractivity contribution in [2.75, 3.05) is 19.4 Å². The predicted octanol–water partition coefficient (Wildman–Crippen LogP) is 5.56. The SMILES string of the molecule is CCCC[C@]1(CC)CS(O)(O)c2cc(CNCC(=O)OC(=O)C(F)(F)F)c(OC)cc2[C@H](c2ccccc2)N1. The lowest BCUT2D eigenvalue weighted by Gasteiger charge is -2.42. The Morgan fingerprint density at radius 2 is 1.87 bits per heavy atom. The van der Waals surface area contributed by atoms with Crippen LogP contribution in [0, 0.1) is 0 Å². The Morgan fingerprint density at radius 3 is 2.46 bits per heavy atom. The van der Waals surface area contributed by atoms with Gasteiger partial charge >= 0.3 is 18.1 Å². The van der Waals surface area contributed by atoms with Crippen molar-refractivity contribution in [3.63, 3.8) is 0 Å². The Morgan fingerprint density at radius 1 is 1.18 bits per heavy atom. The van der Waals surface area contributed by atoms with Crippen LogP contribution < -0.4 is 15.4 Å². The number of esters is 2. The minimum Gasteiger partial charge on any atom is -0.496 e. The molecule has 0 spiro atoms. The van der Waals surface area contributed by atoms with Gasteiger partial charge in [0.2, 0.25) is 0 Å². The van der Waals surface area contributed by atoms with E-state index >= 15 is 0 Å². The number of hydrogen-bond donors (Lipinski definition) is 4. The number of fused-ring (bicyclic) bond motifs is 1. The summed E-state index contributed by atoms with van der Waals surface area (Å²) in [4.78, 5) is 22.9. The molecule has 2 aromatic carbocycles. The van der Waals surface area contributed by atoms with Crippen molar-refractivity contribution in [2.45, 2.75) is 68.7 Å². The van der Waals surface area contributed by atoms with Crippen LogP contribution in [0.3, 0.4) is 0 Å². The van der Waals surface area contributed by atoms with Crippen LogP contribution in [0.15, 0.2) is 47.4 Å². The highest BCUT2D eigenvalue weighted by Gasteiger charge is 2.43. The Kier molecular flexibility index (Phi) is 10.1. The van der Waals surface area contributed by atoms with Crippen LogP contribution in [-0.4, -0.2) is 52.2 Å². The van der Waals surface area contributed by atoms with Gasteiger partial charge in [0.05, 0.1) is 30.3 Å². The molecule has 0 radical (unpaired) electrons. The summed E-state index contributed by atoms with van der Waals surface area (Å²) in [5.41, 5.74) is 1.49. The van der Waals surface area contributed by atoms with Crippen molar-refractivity contribution < 1.29 is 41.3 Å². The topological polar surface area (TPSA) is 117 Å². The molecule has 0 aromatic heterocycles. The Balaban J connectivity index is 1.98. The van der Waals surface area contributed by atoms with Gasteiger partial charge < -0.3 is 14.8 Å². The normalized spacial score (nSPS) is 21.4. The predicted molar refractivity (Wildman–Crippen MR) is 142 cm³/mol. The first-order chi connectivity index (χ1) is 18.4. The molecule has 0 unspecified atom stereocenters. The molecule has 1 heterocycles. The van der Waals surface area contributed by atoms with Gasteiger partial charge in [0.25, 0.3) is 0 Å². The van der Waals surface area contributed by atoms with E-state index in [0.29, 0.717) is 28.2 Å². The number of rotatable bonds is 10. The van der Waals surface area contributed by atoms with Crippen LogP contribution in [0.2, 0.25) is 0 Å². The van der Waals surface area contributed by atoms with Crippen LogP contribution in [-0.2, 0) is 20.9 Å². The van der Waals surface area contributed by atoms with E-state index in [9.17, 15) is 31.9 Å². The quantitative estimate of drug-likeness (QED) is 0.216. The molecular weight excluding hydrogens is 537 g/mol. The second-order valence-corrected chi connectivity index (χ2v) is 11.7. The Labute approximate surface area is 227 Å². The van der Waals surface area contributed by atoms with Crippen molar-refractivity contribution >= 4 is 22.5 Å². The fourth-order valence-corrected chi connectivity index (χ4v) is 7.03. The third-order valence-electron chi connectivity index (χ3n) is 6.85. The first-order valence-corrected chi connectivity index (χ1v) is 14.4. The van der Waals surface area contributed by atoms with E-state index in [-0.39, 0.29) is 18.3 Å². The lowest BCUT2D eigenvalue weighted by molar-refractivity contribution is -0.201. The molecule has 8 nitrogen and oxygen atoms in total. The first kappa shape index (κ1) is 30.9. The van der Waals surface area contributed by atoms with Gasteiger partial charge in [0, 0.05) is 23.2 Å². The summed E-state index contributed by atoms with van der Waals surface area (Å²) >= 11 is 0. The minimum atomic E-state index is -5.28. The second kappa shape index (κ2) is 12.7. The fourth-order valence-electron chi connectivity index (χ4n) is 4.79.